The molecular weight excluding hydrogens is 252 g/mol. The highest BCUT2D eigenvalue weighted by atomic mass is 32.3. The van der Waals surface area contributed by atoms with Gasteiger partial charge in [-0.2, -0.15) is 0 Å². The lowest BCUT2D eigenvalue weighted by Crippen LogP contribution is -2.17. The van der Waals surface area contributed by atoms with Crippen molar-refractivity contribution < 1.29 is 0 Å². The largest absolute Gasteiger partial charge is 0.137 e. The van der Waals surface area contributed by atoms with Crippen LogP contribution in [0.5, 0.6) is 0 Å². The Balaban J connectivity index is 2.77. The van der Waals surface area contributed by atoms with Crippen LogP contribution in [0.4, 0.5) is 0 Å². The summed E-state index contributed by atoms with van der Waals surface area (Å²) < 4.78 is 0.272. The number of hydrogen-bond donors (Lipinski definition) is 0. The summed E-state index contributed by atoms with van der Waals surface area (Å²) in [6.07, 6.45) is 8.85. The highest BCUT2D eigenvalue weighted by Gasteiger charge is 2.26. The maximum Gasteiger partial charge on any atom is 0.110 e. The lowest BCUT2D eigenvalue weighted by atomic mass is 10.1. The Morgan fingerprint density at radius 2 is 1.31 bits per heavy atom. The summed E-state index contributed by atoms with van der Waals surface area (Å²) in [6, 6.07) is 9.05. The second-order valence-corrected chi connectivity index (χ2v) is 7.73. The Kier molecular flexibility index (Phi) is 6.16. The van der Waals surface area contributed by atoms with Gasteiger partial charge in [0.15, 0.2) is 0 Å². The standard InChI is InChI=1S/C13H20S3/c1-5-11-6-8-12(9-7-11)10-13(14-2,15-3)16-4/h6-9H,5,10H2,1-4H3. The highest BCUT2D eigenvalue weighted by molar-refractivity contribution is 8.33. The van der Waals surface area contributed by atoms with E-state index in [9.17, 15) is 0 Å². The Labute approximate surface area is 112 Å². The fraction of sp³-hybridized carbons (Fsp3) is 0.538. The minimum absolute atomic E-state index is 0.272. The molecule has 0 fully saturated rings. The molecule has 0 radical (unpaired) electrons. The van der Waals surface area contributed by atoms with E-state index < -0.39 is 0 Å². The lowest BCUT2D eigenvalue weighted by Gasteiger charge is -2.28. The van der Waals surface area contributed by atoms with Crippen LogP contribution in [0.25, 0.3) is 0 Å². The van der Waals surface area contributed by atoms with Crippen LogP contribution in [0.15, 0.2) is 24.3 Å². The van der Waals surface area contributed by atoms with Crippen molar-refractivity contribution in [3.63, 3.8) is 0 Å². The van der Waals surface area contributed by atoms with Crippen LogP contribution >= 0.6 is 35.3 Å². The fourth-order valence-electron chi connectivity index (χ4n) is 1.61. The van der Waals surface area contributed by atoms with Crippen molar-refractivity contribution in [2.24, 2.45) is 0 Å². The van der Waals surface area contributed by atoms with Crippen molar-refractivity contribution in [3.8, 4) is 0 Å². The summed E-state index contributed by atoms with van der Waals surface area (Å²) >= 11 is 5.84. The molecule has 1 aromatic carbocycles. The van der Waals surface area contributed by atoms with Crippen LogP contribution in [0, 0.1) is 0 Å². The lowest BCUT2D eigenvalue weighted by molar-refractivity contribution is 1.05. The summed E-state index contributed by atoms with van der Waals surface area (Å²) in [6.45, 7) is 2.20. The van der Waals surface area contributed by atoms with E-state index in [0.717, 1.165) is 12.8 Å². The molecule has 0 unspecified atom stereocenters. The van der Waals surface area contributed by atoms with E-state index in [1.54, 1.807) is 0 Å². The normalized spacial score (nSPS) is 11.8. The second-order valence-electron chi connectivity index (χ2n) is 3.64. The molecule has 90 valence electrons. The molecule has 0 N–H and O–H groups in total. The van der Waals surface area contributed by atoms with E-state index in [1.807, 2.05) is 35.3 Å². The zero-order chi connectivity index (χ0) is 12.0. The second kappa shape index (κ2) is 6.87. The molecule has 3 heteroatoms. The van der Waals surface area contributed by atoms with E-state index in [2.05, 4.69) is 50.0 Å². The van der Waals surface area contributed by atoms with E-state index in [4.69, 9.17) is 0 Å². The number of thioether (sulfide) groups is 3. The van der Waals surface area contributed by atoms with Crippen molar-refractivity contribution in [1.29, 1.82) is 0 Å². The summed E-state index contributed by atoms with van der Waals surface area (Å²) in [5, 5.41) is 0. The Bertz CT molecular complexity index is 293. The summed E-state index contributed by atoms with van der Waals surface area (Å²) in [5.41, 5.74) is 2.86. The zero-order valence-corrected chi connectivity index (χ0v) is 12.9. The van der Waals surface area contributed by atoms with E-state index >= 15 is 0 Å². The van der Waals surface area contributed by atoms with Crippen LogP contribution in [0.1, 0.15) is 18.1 Å². The van der Waals surface area contributed by atoms with Gasteiger partial charge in [-0.15, -0.1) is 35.3 Å². The minimum Gasteiger partial charge on any atom is -0.137 e. The van der Waals surface area contributed by atoms with Gasteiger partial charge in [-0.05, 0) is 36.3 Å². The van der Waals surface area contributed by atoms with Crippen LogP contribution in [0.3, 0.4) is 0 Å². The number of rotatable bonds is 6. The Morgan fingerprint density at radius 3 is 1.69 bits per heavy atom. The first-order valence-electron chi connectivity index (χ1n) is 5.43. The third-order valence-electron chi connectivity index (χ3n) is 2.78. The maximum absolute atomic E-state index is 2.27. The molecule has 0 atom stereocenters. The summed E-state index contributed by atoms with van der Waals surface area (Å²) in [5.74, 6) is 0. The number of hydrogen-bond acceptors (Lipinski definition) is 3. The van der Waals surface area contributed by atoms with Gasteiger partial charge in [0.25, 0.3) is 0 Å². The third kappa shape index (κ3) is 3.64. The van der Waals surface area contributed by atoms with Crippen molar-refractivity contribution in [1.82, 2.24) is 0 Å². The van der Waals surface area contributed by atoms with Gasteiger partial charge in [-0.3, -0.25) is 0 Å². The molecule has 0 nitrogen and oxygen atoms in total. The van der Waals surface area contributed by atoms with Crippen LogP contribution in [-0.2, 0) is 12.8 Å². The van der Waals surface area contributed by atoms with Crippen LogP contribution in [-0.4, -0.2) is 22.2 Å². The van der Waals surface area contributed by atoms with Crippen molar-refractivity contribution in [2.45, 2.75) is 23.2 Å². The monoisotopic (exact) mass is 272 g/mol. The molecule has 0 saturated heterocycles. The first-order chi connectivity index (χ1) is 7.69. The zero-order valence-electron chi connectivity index (χ0n) is 10.4. The van der Waals surface area contributed by atoms with Crippen LogP contribution < -0.4 is 0 Å². The van der Waals surface area contributed by atoms with Gasteiger partial charge >= 0.3 is 0 Å². The van der Waals surface area contributed by atoms with Gasteiger partial charge in [-0.1, -0.05) is 31.2 Å². The van der Waals surface area contributed by atoms with E-state index in [0.29, 0.717) is 0 Å². The summed E-state index contributed by atoms with van der Waals surface area (Å²) in [4.78, 5) is 0. The molecule has 0 amide bonds. The number of aryl methyl sites for hydroxylation is 1. The molecule has 0 heterocycles. The van der Waals surface area contributed by atoms with Gasteiger partial charge in [0, 0.05) is 6.42 Å². The van der Waals surface area contributed by atoms with E-state index in [1.165, 1.54) is 11.1 Å². The smallest absolute Gasteiger partial charge is 0.110 e. The fourth-order valence-corrected chi connectivity index (χ4v) is 4.54. The topological polar surface area (TPSA) is 0 Å². The van der Waals surface area contributed by atoms with Crippen molar-refractivity contribution >= 4 is 35.3 Å². The third-order valence-corrected chi connectivity index (χ3v) is 8.08. The van der Waals surface area contributed by atoms with Gasteiger partial charge in [0.05, 0.1) is 0 Å². The molecule has 0 aromatic heterocycles. The minimum atomic E-state index is 0.272. The molecule has 0 aliphatic carbocycles. The first-order valence-corrected chi connectivity index (χ1v) is 9.10. The predicted molar refractivity (Wildman–Crippen MR) is 82.8 cm³/mol. The molecular formula is C13H20S3. The van der Waals surface area contributed by atoms with Crippen molar-refractivity contribution in [2.75, 3.05) is 18.8 Å². The Morgan fingerprint density at radius 1 is 0.875 bits per heavy atom. The van der Waals surface area contributed by atoms with E-state index in [-0.39, 0.29) is 3.41 Å². The van der Waals surface area contributed by atoms with Crippen molar-refractivity contribution in [3.05, 3.63) is 35.4 Å². The van der Waals surface area contributed by atoms with Gasteiger partial charge in [0.1, 0.15) is 3.41 Å². The molecule has 0 spiro atoms. The quantitative estimate of drug-likeness (QED) is 0.698. The molecule has 1 aromatic rings. The molecule has 0 bridgehead atoms. The first kappa shape index (κ1) is 14.3. The van der Waals surface area contributed by atoms with Gasteiger partial charge in [-0.25, -0.2) is 0 Å². The van der Waals surface area contributed by atoms with Crippen LogP contribution in [0.2, 0.25) is 0 Å². The average molecular weight is 273 g/mol. The predicted octanol–water partition coefficient (Wildman–Crippen LogP) is 4.53. The summed E-state index contributed by atoms with van der Waals surface area (Å²) in [7, 11) is 0. The molecule has 0 aliphatic rings. The SMILES string of the molecule is CCc1ccc(CC(SC)(SC)SC)cc1. The average Bonchev–Trinajstić information content (AvgIpc) is 2.37. The molecule has 0 aliphatic heterocycles. The molecule has 0 saturated carbocycles. The highest BCUT2D eigenvalue weighted by Crippen LogP contribution is 2.45. The molecule has 1 rings (SSSR count). The van der Waals surface area contributed by atoms with Gasteiger partial charge < -0.3 is 0 Å². The maximum atomic E-state index is 2.27. The Hall–Kier alpha value is 0.270. The van der Waals surface area contributed by atoms with Gasteiger partial charge in [0.2, 0.25) is 0 Å². The number of benzene rings is 1. The molecule has 16 heavy (non-hydrogen) atoms.